The Hall–Kier alpha value is -3.17. The van der Waals surface area contributed by atoms with Gasteiger partial charge in [-0.1, -0.05) is 57.0 Å². The summed E-state index contributed by atoms with van der Waals surface area (Å²) in [6, 6.07) is 12.7. The number of hydrogen-bond acceptors (Lipinski definition) is 9. The van der Waals surface area contributed by atoms with Crippen molar-refractivity contribution in [3.63, 3.8) is 0 Å². The number of benzene rings is 2. The van der Waals surface area contributed by atoms with Gasteiger partial charge in [0, 0.05) is 23.2 Å². The Kier molecular flexibility index (Phi) is 11.6. The van der Waals surface area contributed by atoms with Crippen molar-refractivity contribution in [3.05, 3.63) is 59.2 Å². The number of hydrogen-bond donors (Lipinski definition) is 5. The third kappa shape index (κ3) is 8.92. The van der Waals surface area contributed by atoms with Crippen LogP contribution in [0.3, 0.4) is 0 Å². The molecular formula is C29H38F3N3O7S. The average molecular weight is 630 g/mol. The molecule has 0 unspecified atom stereocenters. The zero-order chi connectivity index (χ0) is 31.8. The molecule has 2 aromatic carbocycles. The largest absolute Gasteiger partial charge is 0.496 e. The van der Waals surface area contributed by atoms with Gasteiger partial charge in [-0.2, -0.15) is 23.8 Å². The first-order chi connectivity index (χ1) is 20.2. The molecule has 0 saturated carbocycles. The highest BCUT2D eigenvalue weighted by atomic mass is 32.3. The first-order valence-corrected chi connectivity index (χ1v) is 15.6. The van der Waals surface area contributed by atoms with Gasteiger partial charge in [-0.3, -0.25) is 29.3 Å². The van der Waals surface area contributed by atoms with Crippen molar-refractivity contribution < 1.29 is 46.1 Å². The molecule has 14 heteroatoms. The van der Waals surface area contributed by atoms with Crippen molar-refractivity contribution in [2.75, 3.05) is 26.0 Å². The first-order valence-electron chi connectivity index (χ1n) is 13.8. The highest BCUT2D eigenvalue weighted by Crippen LogP contribution is 2.58. The molecule has 2 aromatic rings. The minimum absolute atomic E-state index is 0.0817. The van der Waals surface area contributed by atoms with Gasteiger partial charge in [0.05, 0.1) is 36.9 Å². The van der Waals surface area contributed by atoms with Crippen LogP contribution in [0.1, 0.15) is 62.3 Å². The number of esters is 2. The lowest BCUT2D eigenvalue weighted by Crippen LogP contribution is -2.49. The molecule has 2 atom stereocenters. The van der Waals surface area contributed by atoms with E-state index in [9.17, 15) is 36.7 Å². The van der Waals surface area contributed by atoms with E-state index < -0.39 is 53.2 Å². The Morgan fingerprint density at radius 3 is 2.42 bits per heavy atom. The van der Waals surface area contributed by atoms with Crippen LogP contribution in [0.25, 0.3) is 0 Å². The summed E-state index contributed by atoms with van der Waals surface area (Å²) in [6.07, 6.45) is -2.04. The van der Waals surface area contributed by atoms with Gasteiger partial charge in [0.1, 0.15) is 5.75 Å². The second-order valence-corrected chi connectivity index (χ2v) is 12.4. The van der Waals surface area contributed by atoms with Gasteiger partial charge in [0.15, 0.2) is 0 Å². The summed E-state index contributed by atoms with van der Waals surface area (Å²) in [7, 11) is -1.84. The van der Waals surface area contributed by atoms with Crippen molar-refractivity contribution >= 4 is 28.4 Å². The van der Waals surface area contributed by atoms with E-state index in [2.05, 4.69) is 27.6 Å². The lowest BCUT2D eigenvalue weighted by Gasteiger charge is -2.42. The topological polar surface area (TPSA) is 146 Å². The van der Waals surface area contributed by atoms with Crippen molar-refractivity contribution in [2.24, 2.45) is 0 Å². The number of halogens is 3. The zero-order valence-electron chi connectivity index (χ0n) is 24.3. The molecular weight excluding hydrogens is 591 g/mol. The number of nitrogens with one attached hydrogen (secondary N) is 3. The predicted octanol–water partition coefficient (Wildman–Crippen LogP) is 4.67. The molecule has 10 nitrogen and oxygen atoms in total. The number of unbranched alkanes of at least 4 members (excludes halogenated alkanes) is 1. The fourth-order valence-corrected chi connectivity index (χ4v) is 7.27. The summed E-state index contributed by atoms with van der Waals surface area (Å²) in [5.41, 5.74) is 1.51. The van der Waals surface area contributed by atoms with Gasteiger partial charge in [0.25, 0.3) is 0 Å². The van der Waals surface area contributed by atoms with Crippen molar-refractivity contribution in [2.45, 2.75) is 68.7 Å². The Morgan fingerprint density at radius 2 is 1.81 bits per heavy atom. The van der Waals surface area contributed by atoms with Gasteiger partial charge in [-0.15, -0.1) is 0 Å². The minimum Gasteiger partial charge on any atom is -0.496 e. The molecule has 0 radical (unpaired) electrons. The smallest absolute Gasteiger partial charge is 0.491 e. The molecule has 0 aromatic heterocycles. The summed E-state index contributed by atoms with van der Waals surface area (Å²) in [4.78, 5) is 34.9. The molecule has 0 saturated heterocycles. The molecule has 0 aliphatic carbocycles. The quantitative estimate of drug-likeness (QED) is 0.167. The van der Waals surface area contributed by atoms with Crippen LogP contribution in [0.5, 0.6) is 5.75 Å². The SMILES string of the molecule is CCCC[C@]1(CC)CS(O)(O)c2cc(CNC(=O)CNCC(=O)OC(=O)C(F)(F)F)c(OC)cc2[C@@H](c2ccccc2)N1. The molecule has 238 valence electrons. The standard InChI is InChI=1S/C29H38F3N3O7S/c1-4-6-12-28(5-2)18-43(39,40)23-13-20(15-34-24(36)16-33-17-25(37)42-27(38)29(30,31)32)22(41-3)14-21(23)26(35-28)19-10-8-7-9-11-19/h7-11,13-14,26,33,35,39-40H,4-6,12,15-18H2,1-3H3,(H,34,36)/t26-,28-/m1/s1. The molecule has 5 N–H and O–H groups in total. The summed E-state index contributed by atoms with van der Waals surface area (Å²) >= 11 is 0. The van der Waals surface area contributed by atoms with Gasteiger partial charge in [0.2, 0.25) is 5.91 Å². The summed E-state index contributed by atoms with van der Waals surface area (Å²) < 4.78 is 69.1. The number of fused-ring (bicyclic) bond motifs is 1. The summed E-state index contributed by atoms with van der Waals surface area (Å²) in [6.45, 7) is 2.77. The van der Waals surface area contributed by atoms with E-state index in [1.165, 1.54) is 7.11 Å². The highest BCUT2D eigenvalue weighted by Gasteiger charge is 2.43. The summed E-state index contributed by atoms with van der Waals surface area (Å²) in [5.74, 6) is -4.24. The Balaban J connectivity index is 1.83. The van der Waals surface area contributed by atoms with Crippen LogP contribution in [0, 0.1) is 0 Å². The van der Waals surface area contributed by atoms with Gasteiger partial charge in [-0.05, 0) is 30.5 Å². The summed E-state index contributed by atoms with van der Waals surface area (Å²) in [5, 5.41) is 8.68. The van der Waals surface area contributed by atoms with Crippen LogP contribution in [-0.2, 0) is 25.7 Å². The second kappa shape index (κ2) is 14.5. The van der Waals surface area contributed by atoms with Gasteiger partial charge < -0.3 is 14.8 Å². The third-order valence-electron chi connectivity index (χ3n) is 7.29. The normalized spacial score (nSPS) is 20.3. The maximum Gasteiger partial charge on any atom is 0.491 e. The van der Waals surface area contributed by atoms with Crippen molar-refractivity contribution in [3.8, 4) is 5.75 Å². The van der Waals surface area contributed by atoms with E-state index in [4.69, 9.17) is 4.74 Å². The minimum atomic E-state index is -5.31. The molecule has 3 rings (SSSR count). The number of amides is 1. The van der Waals surface area contributed by atoms with Crippen molar-refractivity contribution in [1.29, 1.82) is 0 Å². The van der Waals surface area contributed by atoms with Crippen LogP contribution in [-0.4, -0.2) is 64.6 Å². The third-order valence-corrected chi connectivity index (χ3v) is 9.30. The maximum atomic E-state index is 12.4. The number of rotatable bonds is 12. The molecule has 43 heavy (non-hydrogen) atoms. The number of ether oxygens (including phenoxy) is 2. The van der Waals surface area contributed by atoms with Crippen molar-refractivity contribution in [1.82, 2.24) is 16.0 Å². The Bertz CT molecular complexity index is 1290. The fraction of sp³-hybridized carbons (Fsp3) is 0.483. The maximum absolute atomic E-state index is 12.4. The molecule has 1 aliphatic rings. The van der Waals surface area contributed by atoms with E-state index in [1.54, 1.807) is 12.1 Å². The zero-order valence-corrected chi connectivity index (χ0v) is 25.1. The highest BCUT2D eigenvalue weighted by molar-refractivity contribution is 8.24. The average Bonchev–Trinajstić information content (AvgIpc) is 3.06. The van der Waals surface area contributed by atoms with E-state index in [0.717, 1.165) is 24.8 Å². The number of alkyl halides is 3. The molecule has 1 heterocycles. The molecule has 0 bridgehead atoms. The number of carbonyl (C=O) groups is 3. The van der Waals surface area contributed by atoms with Crippen LogP contribution >= 0.6 is 10.6 Å². The number of carbonyl (C=O) groups excluding carboxylic acids is 3. The number of methoxy groups -OCH3 is 1. The van der Waals surface area contributed by atoms with E-state index >= 15 is 0 Å². The predicted molar refractivity (Wildman–Crippen MR) is 155 cm³/mol. The second-order valence-electron chi connectivity index (χ2n) is 10.4. The van der Waals surface area contributed by atoms with E-state index in [1.807, 2.05) is 37.3 Å². The molecule has 1 aliphatic heterocycles. The van der Waals surface area contributed by atoms with Gasteiger partial charge in [-0.25, -0.2) is 4.79 Å². The van der Waals surface area contributed by atoms with Crippen LogP contribution in [0.4, 0.5) is 13.2 Å². The van der Waals surface area contributed by atoms with Crippen LogP contribution in [0.2, 0.25) is 0 Å². The fourth-order valence-electron chi connectivity index (χ4n) is 5.02. The molecule has 0 spiro atoms. The van der Waals surface area contributed by atoms with E-state index in [-0.39, 0.29) is 18.3 Å². The van der Waals surface area contributed by atoms with Crippen LogP contribution in [0.15, 0.2) is 47.4 Å². The molecule has 0 fully saturated rings. The molecule has 1 amide bonds. The monoisotopic (exact) mass is 629 g/mol. The lowest BCUT2D eigenvalue weighted by atomic mass is 9.88. The van der Waals surface area contributed by atoms with E-state index in [0.29, 0.717) is 28.2 Å². The lowest BCUT2D eigenvalue weighted by molar-refractivity contribution is -0.201. The Morgan fingerprint density at radius 1 is 1.12 bits per heavy atom. The Labute approximate surface area is 250 Å². The van der Waals surface area contributed by atoms with Gasteiger partial charge >= 0.3 is 18.1 Å². The van der Waals surface area contributed by atoms with Crippen LogP contribution < -0.4 is 20.7 Å². The first kappa shape index (κ1) is 34.3.